The average molecular weight is 174 g/mol. The molecule has 0 bridgehead atoms. The van der Waals surface area contributed by atoms with Crippen LogP contribution in [-0.4, -0.2) is 16.2 Å². The molecular weight excluding hydrogens is 156 g/mol. The number of aliphatic hydroxyl groups is 2. The highest BCUT2D eigenvalue weighted by atomic mass is 16.8. The van der Waals surface area contributed by atoms with Gasteiger partial charge in [-0.3, -0.25) is 0 Å². The summed E-state index contributed by atoms with van der Waals surface area (Å²) in [7, 11) is 0. The summed E-state index contributed by atoms with van der Waals surface area (Å²) in [5.74, 6) is -2.09. The topological polar surface area (TPSA) is 49.7 Å². The lowest BCUT2D eigenvalue weighted by Crippen LogP contribution is -2.45. The lowest BCUT2D eigenvalue weighted by atomic mass is 9.87. The van der Waals surface area contributed by atoms with Gasteiger partial charge in [0.05, 0.1) is 11.7 Å². The fraction of sp³-hybridized carbons (Fsp3) is 0.778. The SMILES string of the molecule is CC=COC(O)(O)C(C)(C)CC. The van der Waals surface area contributed by atoms with Gasteiger partial charge in [0.15, 0.2) is 0 Å². The lowest BCUT2D eigenvalue weighted by Gasteiger charge is -2.35. The Balaban J connectivity index is 4.37. The van der Waals surface area contributed by atoms with Crippen molar-refractivity contribution in [1.82, 2.24) is 0 Å². The molecule has 0 unspecified atom stereocenters. The van der Waals surface area contributed by atoms with E-state index in [0.717, 1.165) is 0 Å². The van der Waals surface area contributed by atoms with E-state index < -0.39 is 11.4 Å². The Kier molecular flexibility index (Phi) is 3.74. The third-order valence-corrected chi connectivity index (χ3v) is 2.13. The first-order valence-corrected chi connectivity index (χ1v) is 4.11. The molecule has 0 radical (unpaired) electrons. The summed E-state index contributed by atoms with van der Waals surface area (Å²) < 4.78 is 4.76. The minimum Gasteiger partial charge on any atom is -0.447 e. The van der Waals surface area contributed by atoms with Gasteiger partial charge in [-0.25, -0.2) is 0 Å². The van der Waals surface area contributed by atoms with Crippen LogP contribution >= 0.6 is 0 Å². The molecule has 0 aromatic heterocycles. The summed E-state index contributed by atoms with van der Waals surface area (Å²) in [5, 5.41) is 18.9. The molecular formula is C9H18O3. The number of hydrogen-bond acceptors (Lipinski definition) is 3. The van der Waals surface area contributed by atoms with Crippen LogP contribution in [0.15, 0.2) is 12.3 Å². The summed E-state index contributed by atoms with van der Waals surface area (Å²) in [6, 6.07) is 0. The summed E-state index contributed by atoms with van der Waals surface area (Å²) in [5.41, 5.74) is -0.674. The summed E-state index contributed by atoms with van der Waals surface area (Å²) >= 11 is 0. The fourth-order valence-electron chi connectivity index (χ4n) is 0.553. The standard InChI is InChI=1S/C9H18O3/c1-5-7-12-9(10,11)8(3,4)6-2/h5,7,10-11H,6H2,1-4H3. The van der Waals surface area contributed by atoms with Gasteiger partial charge in [0.25, 0.3) is 0 Å². The molecule has 0 spiro atoms. The van der Waals surface area contributed by atoms with E-state index in [9.17, 15) is 10.2 Å². The van der Waals surface area contributed by atoms with Crippen molar-refractivity contribution in [3.05, 3.63) is 12.3 Å². The summed E-state index contributed by atoms with van der Waals surface area (Å²) in [4.78, 5) is 0. The van der Waals surface area contributed by atoms with Crippen LogP contribution in [0.3, 0.4) is 0 Å². The van der Waals surface area contributed by atoms with Crippen LogP contribution in [0.4, 0.5) is 0 Å². The van der Waals surface area contributed by atoms with Crippen molar-refractivity contribution in [2.75, 3.05) is 0 Å². The van der Waals surface area contributed by atoms with Crippen LogP contribution < -0.4 is 0 Å². The Morgan fingerprint density at radius 3 is 2.17 bits per heavy atom. The van der Waals surface area contributed by atoms with E-state index in [-0.39, 0.29) is 0 Å². The third-order valence-electron chi connectivity index (χ3n) is 2.13. The molecule has 0 saturated carbocycles. The normalized spacial score (nSPS) is 13.8. The molecule has 0 atom stereocenters. The van der Waals surface area contributed by atoms with Gasteiger partial charge in [0, 0.05) is 0 Å². The van der Waals surface area contributed by atoms with Gasteiger partial charge in [-0.1, -0.05) is 26.8 Å². The van der Waals surface area contributed by atoms with Crippen molar-refractivity contribution in [2.45, 2.75) is 40.1 Å². The van der Waals surface area contributed by atoms with Gasteiger partial charge in [0.1, 0.15) is 0 Å². The first-order valence-electron chi connectivity index (χ1n) is 4.11. The maximum Gasteiger partial charge on any atom is 0.326 e. The van der Waals surface area contributed by atoms with Crippen molar-refractivity contribution in [3.8, 4) is 0 Å². The van der Waals surface area contributed by atoms with Crippen molar-refractivity contribution in [2.24, 2.45) is 5.41 Å². The van der Waals surface area contributed by atoms with E-state index in [4.69, 9.17) is 4.74 Å². The van der Waals surface area contributed by atoms with Crippen LogP contribution in [0, 0.1) is 5.41 Å². The molecule has 0 amide bonds. The van der Waals surface area contributed by atoms with Crippen LogP contribution in [0.5, 0.6) is 0 Å². The molecule has 2 N–H and O–H groups in total. The number of rotatable bonds is 4. The Morgan fingerprint density at radius 1 is 1.33 bits per heavy atom. The Morgan fingerprint density at radius 2 is 1.83 bits per heavy atom. The number of ether oxygens (including phenoxy) is 1. The fourth-order valence-corrected chi connectivity index (χ4v) is 0.553. The lowest BCUT2D eigenvalue weighted by molar-refractivity contribution is -0.369. The number of allylic oxidation sites excluding steroid dienone is 1. The predicted octanol–water partition coefficient (Wildman–Crippen LogP) is 1.61. The van der Waals surface area contributed by atoms with E-state index in [2.05, 4.69) is 0 Å². The molecule has 0 fully saturated rings. The Hall–Kier alpha value is -0.540. The molecule has 0 aromatic carbocycles. The summed E-state index contributed by atoms with van der Waals surface area (Å²) in [6.45, 7) is 7.09. The van der Waals surface area contributed by atoms with E-state index in [0.29, 0.717) is 6.42 Å². The molecule has 0 aliphatic carbocycles. The van der Waals surface area contributed by atoms with Crippen molar-refractivity contribution < 1.29 is 14.9 Å². The second-order valence-electron chi connectivity index (χ2n) is 3.43. The monoisotopic (exact) mass is 174 g/mol. The van der Waals surface area contributed by atoms with Crippen molar-refractivity contribution in [3.63, 3.8) is 0 Å². The maximum absolute atomic E-state index is 9.46. The minimum absolute atomic E-state index is 0.623. The van der Waals surface area contributed by atoms with Gasteiger partial charge in [-0.15, -0.1) is 0 Å². The molecule has 0 aliphatic rings. The highest BCUT2D eigenvalue weighted by Crippen LogP contribution is 2.33. The molecule has 0 saturated heterocycles. The quantitative estimate of drug-likeness (QED) is 0.503. The predicted molar refractivity (Wildman–Crippen MR) is 47.1 cm³/mol. The van der Waals surface area contributed by atoms with E-state index in [1.807, 2.05) is 6.92 Å². The Bertz CT molecular complexity index is 159. The van der Waals surface area contributed by atoms with Crippen molar-refractivity contribution in [1.29, 1.82) is 0 Å². The number of hydrogen-bond donors (Lipinski definition) is 2. The first-order chi connectivity index (χ1) is 5.37. The zero-order valence-electron chi connectivity index (χ0n) is 8.16. The van der Waals surface area contributed by atoms with Gasteiger partial charge >= 0.3 is 5.97 Å². The van der Waals surface area contributed by atoms with Crippen molar-refractivity contribution >= 4 is 0 Å². The summed E-state index contributed by atoms with van der Waals surface area (Å²) in [6.07, 6.45) is 3.50. The van der Waals surface area contributed by atoms with E-state index in [1.54, 1.807) is 26.8 Å². The van der Waals surface area contributed by atoms with Gasteiger partial charge in [0.2, 0.25) is 0 Å². The zero-order chi connectivity index (χ0) is 9.83. The molecule has 3 nitrogen and oxygen atoms in total. The Labute approximate surface area is 73.7 Å². The largest absolute Gasteiger partial charge is 0.447 e. The average Bonchev–Trinajstić information content (AvgIpc) is 2.00. The van der Waals surface area contributed by atoms with E-state index in [1.165, 1.54) is 6.26 Å². The minimum atomic E-state index is -2.09. The molecule has 0 aromatic rings. The van der Waals surface area contributed by atoms with Crippen LogP contribution in [-0.2, 0) is 4.74 Å². The first kappa shape index (κ1) is 11.5. The molecule has 3 heteroatoms. The molecule has 0 rings (SSSR count). The van der Waals surface area contributed by atoms with Gasteiger partial charge < -0.3 is 14.9 Å². The molecule has 0 heterocycles. The van der Waals surface area contributed by atoms with Crippen LogP contribution in [0.1, 0.15) is 34.1 Å². The second-order valence-corrected chi connectivity index (χ2v) is 3.43. The molecule has 12 heavy (non-hydrogen) atoms. The van der Waals surface area contributed by atoms with Crippen LogP contribution in [0.2, 0.25) is 0 Å². The van der Waals surface area contributed by atoms with Gasteiger partial charge in [-0.05, 0) is 13.3 Å². The smallest absolute Gasteiger partial charge is 0.326 e. The highest BCUT2D eigenvalue weighted by Gasteiger charge is 2.42. The zero-order valence-corrected chi connectivity index (χ0v) is 8.16. The molecule has 0 aliphatic heterocycles. The maximum atomic E-state index is 9.46. The molecule has 72 valence electrons. The van der Waals surface area contributed by atoms with E-state index >= 15 is 0 Å². The highest BCUT2D eigenvalue weighted by molar-refractivity contribution is 4.79. The van der Waals surface area contributed by atoms with Crippen LogP contribution in [0.25, 0.3) is 0 Å². The van der Waals surface area contributed by atoms with Gasteiger partial charge in [-0.2, -0.15) is 0 Å². The second kappa shape index (κ2) is 3.92. The third kappa shape index (κ3) is 2.50.